The van der Waals surface area contributed by atoms with E-state index in [1.165, 1.54) is 51.0 Å². The molecule has 6 rings (SSSR count). The lowest BCUT2D eigenvalue weighted by molar-refractivity contribution is -0.131. The van der Waals surface area contributed by atoms with E-state index >= 15 is 0 Å². The standard InChI is InChI=1S/C25H27NO2/c1-17(27)28-24-8-2-18(3-9-24)16-26-23-6-4-22(5-7-23)25-13-19-10-20(14-25)12-21(11-19)15-25/h2-9,16,19-21H,10-15H2,1H3. The van der Waals surface area contributed by atoms with Crippen molar-refractivity contribution in [3.63, 3.8) is 0 Å². The molecule has 2 aromatic rings. The SMILES string of the molecule is CC(=O)Oc1ccc(C=Nc2ccc(C34CC5CC(CC(C5)C3)C4)cc2)cc1. The highest BCUT2D eigenvalue weighted by atomic mass is 16.5. The summed E-state index contributed by atoms with van der Waals surface area (Å²) >= 11 is 0. The minimum atomic E-state index is -0.305. The monoisotopic (exact) mass is 373 g/mol. The Morgan fingerprint density at radius 3 is 2.04 bits per heavy atom. The Morgan fingerprint density at radius 2 is 1.50 bits per heavy atom. The molecule has 0 heterocycles. The highest BCUT2D eigenvalue weighted by Gasteiger charge is 2.51. The van der Waals surface area contributed by atoms with Crippen molar-refractivity contribution >= 4 is 17.9 Å². The van der Waals surface area contributed by atoms with Gasteiger partial charge in [0.1, 0.15) is 5.75 Å². The van der Waals surface area contributed by atoms with E-state index in [1.54, 1.807) is 12.1 Å². The summed E-state index contributed by atoms with van der Waals surface area (Å²) in [6.07, 6.45) is 10.5. The molecule has 4 fully saturated rings. The minimum Gasteiger partial charge on any atom is -0.427 e. The second kappa shape index (κ2) is 6.88. The first-order valence-corrected chi connectivity index (χ1v) is 10.5. The molecule has 0 aliphatic heterocycles. The summed E-state index contributed by atoms with van der Waals surface area (Å²) in [6.45, 7) is 1.41. The first-order chi connectivity index (χ1) is 13.6. The highest BCUT2D eigenvalue weighted by molar-refractivity contribution is 5.82. The van der Waals surface area contributed by atoms with Gasteiger partial charge in [0.15, 0.2) is 0 Å². The summed E-state index contributed by atoms with van der Waals surface area (Å²) in [4.78, 5) is 15.6. The van der Waals surface area contributed by atoms with Crippen LogP contribution in [-0.2, 0) is 10.2 Å². The minimum absolute atomic E-state index is 0.305. The first kappa shape index (κ1) is 17.7. The maximum absolute atomic E-state index is 11.0. The number of ether oxygens (including phenoxy) is 1. The van der Waals surface area contributed by atoms with Gasteiger partial charge < -0.3 is 4.74 Å². The van der Waals surface area contributed by atoms with Gasteiger partial charge in [-0.2, -0.15) is 0 Å². The zero-order valence-electron chi connectivity index (χ0n) is 16.4. The van der Waals surface area contributed by atoms with Crippen LogP contribution in [-0.4, -0.2) is 12.2 Å². The lowest BCUT2D eigenvalue weighted by Crippen LogP contribution is -2.48. The number of esters is 1. The van der Waals surface area contributed by atoms with Gasteiger partial charge in [0.2, 0.25) is 0 Å². The van der Waals surface area contributed by atoms with Gasteiger partial charge in [-0.15, -0.1) is 0 Å². The highest BCUT2D eigenvalue weighted by Crippen LogP contribution is 2.60. The van der Waals surface area contributed by atoms with Crippen molar-refractivity contribution in [2.45, 2.75) is 50.9 Å². The zero-order chi connectivity index (χ0) is 19.1. The van der Waals surface area contributed by atoms with Gasteiger partial charge in [0, 0.05) is 13.1 Å². The zero-order valence-corrected chi connectivity index (χ0v) is 16.4. The second-order valence-electron chi connectivity index (χ2n) is 9.17. The molecule has 4 aliphatic carbocycles. The van der Waals surface area contributed by atoms with Crippen LogP contribution in [0.1, 0.15) is 56.6 Å². The third-order valence-corrected chi connectivity index (χ3v) is 7.02. The molecule has 3 nitrogen and oxygen atoms in total. The maximum Gasteiger partial charge on any atom is 0.308 e. The predicted octanol–water partition coefficient (Wildman–Crippen LogP) is 5.83. The quantitative estimate of drug-likeness (QED) is 0.384. The summed E-state index contributed by atoms with van der Waals surface area (Å²) in [6, 6.07) is 16.4. The number of hydrogen-bond acceptors (Lipinski definition) is 3. The molecule has 0 amide bonds. The van der Waals surface area contributed by atoms with E-state index in [-0.39, 0.29) is 5.97 Å². The van der Waals surface area contributed by atoms with E-state index in [9.17, 15) is 4.79 Å². The van der Waals surface area contributed by atoms with Crippen LogP contribution < -0.4 is 4.74 Å². The van der Waals surface area contributed by atoms with E-state index in [2.05, 4.69) is 29.3 Å². The Morgan fingerprint density at radius 1 is 0.929 bits per heavy atom. The molecule has 0 unspecified atom stereocenters. The Balaban J connectivity index is 1.29. The Hall–Kier alpha value is -2.42. The molecule has 0 spiro atoms. The molecular formula is C25H27NO2. The maximum atomic E-state index is 11.0. The molecule has 144 valence electrons. The third-order valence-electron chi connectivity index (χ3n) is 7.02. The molecule has 4 saturated carbocycles. The Labute approximate surface area is 166 Å². The number of carbonyl (C=O) groups is 1. The molecule has 0 saturated heterocycles. The molecule has 0 N–H and O–H groups in total. The van der Waals surface area contributed by atoms with Crippen molar-refractivity contribution < 1.29 is 9.53 Å². The van der Waals surface area contributed by atoms with Gasteiger partial charge in [0.05, 0.1) is 5.69 Å². The fourth-order valence-electron chi connectivity index (χ4n) is 6.30. The molecule has 2 aromatic carbocycles. The summed E-state index contributed by atoms with van der Waals surface area (Å²) in [5.74, 6) is 3.17. The smallest absolute Gasteiger partial charge is 0.308 e. The van der Waals surface area contributed by atoms with Crippen LogP contribution in [0.2, 0.25) is 0 Å². The van der Waals surface area contributed by atoms with Crippen LogP contribution in [0.15, 0.2) is 53.5 Å². The third kappa shape index (κ3) is 3.39. The average Bonchev–Trinajstić information content (AvgIpc) is 2.66. The largest absolute Gasteiger partial charge is 0.427 e. The fraction of sp³-hybridized carbons (Fsp3) is 0.440. The number of aliphatic imine (C=N–C) groups is 1. The van der Waals surface area contributed by atoms with E-state index in [1.807, 2.05) is 18.3 Å². The van der Waals surface area contributed by atoms with Gasteiger partial charge in [-0.3, -0.25) is 9.79 Å². The van der Waals surface area contributed by atoms with Crippen molar-refractivity contribution in [2.24, 2.45) is 22.7 Å². The topological polar surface area (TPSA) is 38.7 Å². The summed E-state index contributed by atoms with van der Waals surface area (Å²) in [7, 11) is 0. The molecule has 0 radical (unpaired) electrons. The molecule has 28 heavy (non-hydrogen) atoms. The molecular weight excluding hydrogens is 346 g/mol. The van der Waals surface area contributed by atoms with Crippen molar-refractivity contribution in [3.8, 4) is 5.75 Å². The summed E-state index contributed by atoms with van der Waals surface area (Å²) in [5.41, 5.74) is 3.96. The van der Waals surface area contributed by atoms with Gasteiger partial charge in [0.25, 0.3) is 0 Å². The van der Waals surface area contributed by atoms with Gasteiger partial charge >= 0.3 is 5.97 Å². The number of rotatable bonds is 4. The van der Waals surface area contributed by atoms with E-state index in [0.29, 0.717) is 11.2 Å². The van der Waals surface area contributed by atoms with E-state index in [0.717, 1.165) is 29.0 Å². The lowest BCUT2D eigenvalue weighted by atomic mass is 9.48. The van der Waals surface area contributed by atoms with Crippen molar-refractivity contribution in [3.05, 3.63) is 59.7 Å². The molecule has 3 heteroatoms. The number of hydrogen-bond donors (Lipinski definition) is 0. The van der Waals surface area contributed by atoms with Crippen LogP contribution in [0.5, 0.6) is 5.75 Å². The number of nitrogens with zero attached hydrogens (tertiary/aromatic N) is 1. The van der Waals surface area contributed by atoms with E-state index in [4.69, 9.17) is 4.74 Å². The van der Waals surface area contributed by atoms with Gasteiger partial charge in [-0.25, -0.2) is 0 Å². The number of carbonyl (C=O) groups excluding carboxylic acids is 1. The van der Waals surface area contributed by atoms with Crippen LogP contribution in [0.25, 0.3) is 0 Å². The van der Waals surface area contributed by atoms with Gasteiger partial charge in [-0.05, 0) is 109 Å². The van der Waals surface area contributed by atoms with Crippen molar-refractivity contribution in [2.75, 3.05) is 0 Å². The summed E-state index contributed by atoms with van der Waals surface area (Å²) in [5, 5.41) is 0. The number of benzene rings is 2. The molecule has 0 atom stereocenters. The predicted molar refractivity (Wildman–Crippen MR) is 111 cm³/mol. The van der Waals surface area contributed by atoms with E-state index < -0.39 is 0 Å². The fourth-order valence-corrected chi connectivity index (χ4v) is 6.30. The lowest BCUT2D eigenvalue weighted by Gasteiger charge is -2.57. The van der Waals surface area contributed by atoms with Gasteiger partial charge in [-0.1, -0.05) is 12.1 Å². The average molecular weight is 373 g/mol. The van der Waals surface area contributed by atoms with Crippen LogP contribution in [0.4, 0.5) is 5.69 Å². The Bertz CT molecular complexity index is 860. The molecule has 0 aromatic heterocycles. The van der Waals surface area contributed by atoms with Crippen LogP contribution >= 0.6 is 0 Å². The van der Waals surface area contributed by atoms with Crippen molar-refractivity contribution in [1.82, 2.24) is 0 Å². The Kier molecular flexibility index (Phi) is 4.34. The first-order valence-electron chi connectivity index (χ1n) is 10.5. The normalized spacial score (nSPS) is 30.7. The van der Waals surface area contributed by atoms with Crippen LogP contribution in [0, 0.1) is 17.8 Å². The molecule has 4 bridgehead atoms. The van der Waals surface area contributed by atoms with Crippen LogP contribution in [0.3, 0.4) is 0 Å². The summed E-state index contributed by atoms with van der Waals surface area (Å²) < 4.78 is 5.06. The van der Waals surface area contributed by atoms with Crippen molar-refractivity contribution in [1.29, 1.82) is 0 Å². The molecule has 4 aliphatic rings. The second-order valence-corrected chi connectivity index (χ2v) is 9.17.